The van der Waals surface area contributed by atoms with Gasteiger partial charge in [-0.15, -0.1) is 0 Å². The maximum atomic E-state index is 5.49. The highest BCUT2D eigenvalue weighted by Gasteiger charge is 2.31. The first-order valence-corrected chi connectivity index (χ1v) is 5.48. The lowest BCUT2D eigenvalue weighted by atomic mass is 9.83. The van der Waals surface area contributed by atoms with E-state index in [4.69, 9.17) is 4.74 Å². The lowest BCUT2D eigenvalue weighted by Crippen LogP contribution is -2.40. The summed E-state index contributed by atoms with van der Waals surface area (Å²) in [5, 5.41) is 0. The summed E-state index contributed by atoms with van der Waals surface area (Å²) in [5.41, 5.74) is 0.0674. The molecule has 72 valence electrons. The van der Waals surface area contributed by atoms with Crippen molar-refractivity contribution in [2.45, 2.75) is 32.3 Å². The van der Waals surface area contributed by atoms with Gasteiger partial charge in [0.15, 0.2) is 0 Å². The average Bonchev–Trinajstić information content (AvgIpc) is 2.05. The van der Waals surface area contributed by atoms with Crippen LogP contribution in [0.3, 0.4) is 0 Å². The summed E-state index contributed by atoms with van der Waals surface area (Å²) in [6, 6.07) is 0. The molecule has 0 aromatic heterocycles. The van der Waals surface area contributed by atoms with Gasteiger partial charge < -0.3 is 4.74 Å². The predicted octanol–water partition coefficient (Wildman–Crippen LogP) is 2.47. The largest absolute Gasteiger partial charge is 0.379 e. The number of hydrogen-bond acceptors (Lipinski definition) is 2. The van der Waals surface area contributed by atoms with Crippen molar-refractivity contribution in [3.63, 3.8) is 0 Å². The van der Waals surface area contributed by atoms with Gasteiger partial charge >= 0.3 is 0 Å². The van der Waals surface area contributed by atoms with Crippen LogP contribution in [0, 0.1) is 5.92 Å². The molecule has 3 heteroatoms. The summed E-state index contributed by atoms with van der Waals surface area (Å²) in [5.74, 6) is 0.730. The van der Waals surface area contributed by atoms with Crippen molar-refractivity contribution < 1.29 is 4.74 Å². The van der Waals surface area contributed by atoms with Crippen LogP contribution in [0.1, 0.15) is 26.7 Å². The Labute approximate surface area is 89.1 Å². The van der Waals surface area contributed by atoms with Gasteiger partial charge in [-0.2, -0.15) is 0 Å². The molecule has 1 aliphatic heterocycles. The molecule has 0 saturated carbocycles. The molecule has 0 bridgehead atoms. The first-order chi connectivity index (χ1) is 5.56. The minimum atomic E-state index is 0.0674. The fraction of sp³-hybridized carbons (Fsp3) is 1.00. The van der Waals surface area contributed by atoms with Gasteiger partial charge in [0.05, 0.1) is 5.60 Å². The monoisotopic (exact) mass is 283 g/mol. The molecule has 2 nitrogen and oxygen atoms in total. The second kappa shape index (κ2) is 4.24. The minimum absolute atomic E-state index is 0.0674. The lowest BCUT2D eigenvalue weighted by Gasteiger charge is -2.37. The summed E-state index contributed by atoms with van der Waals surface area (Å²) in [6.07, 6.45) is 2.54. The molecule has 0 aromatic rings. The van der Waals surface area contributed by atoms with Gasteiger partial charge in [-0.05, 0) is 32.6 Å². The standard InChI is InChI=1S/C9H18INO/c1-9(2,12-3)8-4-6-11(10)7-5-8/h8H,4-7H2,1-3H3. The lowest BCUT2D eigenvalue weighted by molar-refractivity contribution is -0.0413. The van der Waals surface area contributed by atoms with Gasteiger partial charge in [-0.1, -0.05) is 0 Å². The maximum absolute atomic E-state index is 5.49. The molecule has 1 heterocycles. The number of nitrogens with zero attached hydrogens (tertiary/aromatic N) is 1. The van der Waals surface area contributed by atoms with Crippen molar-refractivity contribution in [1.29, 1.82) is 0 Å². The summed E-state index contributed by atoms with van der Waals surface area (Å²) in [6.45, 7) is 6.80. The summed E-state index contributed by atoms with van der Waals surface area (Å²) >= 11 is 2.40. The van der Waals surface area contributed by atoms with Crippen LogP contribution in [0.4, 0.5) is 0 Å². The van der Waals surface area contributed by atoms with Crippen molar-refractivity contribution in [1.82, 2.24) is 3.11 Å². The Morgan fingerprint density at radius 2 is 1.83 bits per heavy atom. The van der Waals surface area contributed by atoms with Crippen LogP contribution in [0.15, 0.2) is 0 Å². The molecule has 0 aromatic carbocycles. The van der Waals surface area contributed by atoms with Gasteiger partial charge in [0.25, 0.3) is 0 Å². The Balaban J connectivity index is 2.44. The van der Waals surface area contributed by atoms with Crippen LogP contribution in [0.25, 0.3) is 0 Å². The molecular weight excluding hydrogens is 265 g/mol. The van der Waals surface area contributed by atoms with Crippen LogP contribution in [0.2, 0.25) is 0 Å². The minimum Gasteiger partial charge on any atom is -0.379 e. The SMILES string of the molecule is COC(C)(C)C1CCN(I)CC1. The van der Waals surface area contributed by atoms with Crippen LogP contribution in [-0.2, 0) is 4.74 Å². The third-order valence-electron chi connectivity index (χ3n) is 2.95. The second-order valence-electron chi connectivity index (χ2n) is 3.99. The van der Waals surface area contributed by atoms with Gasteiger partial charge in [0, 0.05) is 43.1 Å². The van der Waals surface area contributed by atoms with Crippen molar-refractivity contribution >= 4 is 22.9 Å². The molecule has 0 amide bonds. The summed E-state index contributed by atoms with van der Waals surface area (Å²) in [4.78, 5) is 0. The molecule has 0 radical (unpaired) electrons. The Kier molecular flexibility index (Phi) is 3.79. The van der Waals surface area contributed by atoms with E-state index in [-0.39, 0.29) is 5.60 Å². The zero-order valence-corrected chi connectivity index (χ0v) is 10.3. The third-order valence-corrected chi connectivity index (χ3v) is 3.91. The predicted molar refractivity (Wildman–Crippen MR) is 59.4 cm³/mol. The molecule has 1 saturated heterocycles. The quantitative estimate of drug-likeness (QED) is 0.570. The highest BCUT2D eigenvalue weighted by Crippen LogP contribution is 2.31. The van der Waals surface area contributed by atoms with E-state index in [1.165, 1.54) is 25.9 Å². The van der Waals surface area contributed by atoms with E-state index in [9.17, 15) is 0 Å². The molecule has 1 fully saturated rings. The van der Waals surface area contributed by atoms with Crippen molar-refractivity contribution in [2.24, 2.45) is 5.92 Å². The number of hydrogen-bond donors (Lipinski definition) is 0. The van der Waals surface area contributed by atoms with Crippen LogP contribution in [0.5, 0.6) is 0 Å². The van der Waals surface area contributed by atoms with E-state index in [0.717, 1.165) is 5.92 Å². The van der Waals surface area contributed by atoms with Crippen molar-refractivity contribution in [3.05, 3.63) is 0 Å². The fourth-order valence-electron chi connectivity index (χ4n) is 1.71. The van der Waals surface area contributed by atoms with Gasteiger partial charge in [-0.25, -0.2) is 3.11 Å². The Morgan fingerprint density at radius 3 is 2.25 bits per heavy atom. The molecule has 0 spiro atoms. The van der Waals surface area contributed by atoms with E-state index in [0.29, 0.717) is 0 Å². The number of rotatable bonds is 2. The Morgan fingerprint density at radius 1 is 1.33 bits per heavy atom. The van der Waals surface area contributed by atoms with Crippen molar-refractivity contribution in [2.75, 3.05) is 20.2 Å². The van der Waals surface area contributed by atoms with Crippen LogP contribution in [-0.4, -0.2) is 28.9 Å². The fourth-order valence-corrected chi connectivity index (χ4v) is 2.27. The van der Waals surface area contributed by atoms with Crippen LogP contribution >= 0.6 is 22.9 Å². The smallest absolute Gasteiger partial charge is 0.0651 e. The Bertz CT molecular complexity index is 141. The van der Waals surface area contributed by atoms with E-state index < -0.39 is 0 Å². The number of piperidine rings is 1. The van der Waals surface area contributed by atoms with Gasteiger partial charge in [-0.3, -0.25) is 0 Å². The molecule has 1 rings (SSSR count). The number of methoxy groups -OCH3 is 1. The first kappa shape index (κ1) is 10.7. The maximum Gasteiger partial charge on any atom is 0.0651 e. The molecule has 1 aliphatic rings. The summed E-state index contributed by atoms with van der Waals surface area (Å²) in [7, 11) is 1.82. The topological polar surface area (TPSA) is 12.5 Å². The molecule has 12 heavy (non-hydrogen) atoms. The third kappa shape index (κ3) is 2.57. The molecule has 0 unspecified atom stereocenters. The van der Waals surface area contributed by atoms with E-state index in [1.807, 2.05) is 7.11 Å². The van der Waals surface area contributed by atoms with E-state index in [1.54, 1.807) is 0 Å². The first-order valence-electron chi connectivity index (χ1n) is 4.52. The average molecular weight is 283 g/mol. The molecule has 0 aliphatic carbocycles. The molecular formula is C9H18INO. The number of halogens is 1. The number of ether oxygens (including phenoxy) is 1. The zero-order chi connectivity index (χ0) is 9.19. The van der Waals surface area contributed by atoms with Gasteiger partial charge in [0.1, 0.15) is 0 Å². The highest BCUT2D eigenvalue weighted by atomic mass is 127. The van der Waals surface area contributed by atoms with E-state index in [2.05, 4.69) is 39.8 Å². The highest BCUT2D eigenvalue weighted by molar-refractivity contribution is 14.1. The van der Waals surface area contributed by atoms with Crippen LogP contribution < -0.4 is 0 Å². The van der Waals surface area contributed by atoms with E-state index >= 15 is 0 Å². The normalized spacial score (nSPS) is 23.0. The molecule has 0 atom stereocenters. The molecule has 0 N–H and O–H groups in total. The zero-order valence-electron chi connectivity index (χ0n) is 8.14. The van der Waals surface area contributed by atoms with Gasteiger partial charge in [0.2, 0.25) is 0 Å². The Hall–Kier alpha value is 0.650. The van der Waals surface area contributed by atoms with Crippen molar-refractivity contribution in [3.8, 4) is 0 Å². The summed E-state index contributed by atoms with van der Waals surface area (Å²) < 4.78 is 7.85. The second-order valence-corrected chi connectivity index (χ2v) is 5.36.